The lowest BCUT2D eigenvalue weighted by Gasteiger charge is -2.06. The lowest BCUT2D eigenvalue weighted by Crippen LogP contribution is -2.16. The molecule has 80 valence electrons. The zero-order valence-electron chi connectivity index (χ0n) is 9.98. The van der Waals surface area contributed by atoms with Crippen LogP contribution in [0.2, 0.25) is 0 Å². The Kier molecular flexibility index (Phi) is 7.13. The van der Waals surface area contributed by atoms with Gasteiger partial charge in [-0.05, 0) is 32.4 Å². The molecule has 0 aliphatic carbocycles. The van der Waals surface area contributed by atoms with Crippen molar-refractivity contribution < 1.29 is 0 Å². The molecule has 0 aromatic heterocycles. The molecule has 0 spiro atoms. The standard InChI is InChI=1S/C13H23N/c1-6-12(5)8-9-13(11(3)4)10-14-7-2/h8-9,14H,3,6-7,10H2,1-2,4-5H3/b12-8+,13-9-. The van der Waals surface area contributed by atoms with Gasteiger partial charge in [0.2, 0.25) is 0 Å². The van der Waals surface area contributed by atoms with E-state index in [4.69, 9.17) is 0 Å². The smallest absolute Gasteiger partial charge is 0.0207 e. The fourth-order valence-corrected chi connectivity index (χ4v) is 0.972. The van der Waals surface area contributed by atoms with Gasteiger partial charge in [-0.15, -0.1) is 0 Å². The van der Waals surface area contributed by atoms with Crippen LogP contribution in [0.1, 0.15) is 34.1 Å². The molecule has 1 heteroatoms. The molecule has 1 nitrogen and oxygen atoms in total. The lowest BCUT2D eigenvalue weighted by molar-refractivity contribution is 0.780. The van der Waals surface area contributed by atoms with Crippen LogP contribution in [0.5, 0.6) is 0 Å². The second-order valence-corrected chi connectivity index (χ2v) is 3.62. The van der Waals surface area contributed by atoms with E-state index in [1.807, 2.05) is 0 Å². The Labute approximate surface area is 88.6 Å². The summed E-state index contributed by atoms with van der Waals surface area (Å²) in [5.74, 6) is 0. The maximum Gasteiger partial charge on any atom is 0.0207 e. The van der Waals surface area contributed by atoms with Crippen molar-refractivity contribution in [1.29, 1.82) is 0 Å². The molecule has 0 bridgehead atoms. The molecule has 0 rings (SSSR count). The zero-order valence-corrected chi connectivity index (χ0v) is 9.98. The Hall–Kier alpha value is -0.820. The van der Waals surface area contributed by atoms with Crippen LogP contribution in [0.4, 0.5) is 0 Å². The van der Waals surface area contributed by atoms with Crippen LogP contribution >= 0.6 is 0 Å². The second-order valence-electron chi connectivity index (χ2n) is 3.62. The quantitative estimate of drug-likeness (QED) is 0.637. The Balaban J connectivity index is 4.40. The Bertz CT molecular complexity index is 234. The van der Waals surface area contributed by atoms with E-state index in [1.165, 1.54) is 11.1 Å². The summed E-state index contributed by atoms with van der Waals surface area (Å²) in [5, 5.41) is 3.31. The molecular formula is C13H23N. The minimum Gasteiger partial charge on any atom is -0.313 e. The molecule has 0 saturated carbocycles. The molecule has 0 amide bonds. The number of likely N-dealkylation sites (N-methyl/N-ethyl adjacent to an activating group) is 1. The summed E-state index contributed by atoms with van der Waals surface area (Å²) in [6.07, 6.45) is 5.46. The Morgan fingerprint density at radius 3 is 2.29 bits per heavy atom. The molecule has 0 aromatic carbocycles. The number of hydrogen-bond acceptors (Lipinski definition) is 1. The summed E-state index contributed by atoms with van der Waals surface area (Å²) < 4.78 is 0. The van der Waals surface area contributed by atoms with E-state index >= 15 is 0 Å². The molecule has 0 unspecified atom stereocenters. The van der Waals surface area contributed by atoms with Crippen LogP contribution in [-0.4, -0.2) is 13.1 Å². The summed E-state index contributed by atoms with van der Waals surface area (Å²) in [6, 6.07) is 0. The summed E-state index contributed by atoms with van der Waals surface area (Å²) in [7, 11) is 0. The van der Waals surface area contributed by atoms with E-state index in [1.54, 1.807) is 0 Å². The van der Waals surface area contributed by atoms with Crippen LogP contribution in [0.3, 0.4) is 0 Å². The predicted octanol–water partition coefficient (Wildman–Crippen LogP) is 3.45. The van der Waals surface area contributed by atoms with Crippen molar-refractivity contribution in [2.24, 2.45) is 0 Å². The fourth-order valence-electron chi connectivity index (χ4n) is 0.972. The van der Waals surface area contributed by atoms with Crippen molar-refractivity contribution in [3.8, 4) is 0 Å². The summed E-state index contributed by atoms with van der Waals surface area (Å²) >= 11 is 0. The van der Waals surface area contributed by atoms with Crippen LogP contribution in [0.25, 0.3) is 0 Å². The molecule has 14 heavy (non-hydrogen) atoms. The van der Waals surface area contributed by atoms with E-state index in [-0.39, 0.29) is 0 Å². The molecule has 0 radical (unpaired) electrons. The van der Waals surface area contributed by atoms with Gasteiger partial charge in [0.05, 0.1) is 0 Å². The third-order valence-corrected chi connectivity index (χ3v) is 2.24. The van der Waals surface area contributed by atoms with Gasteiger partial charge in [0.15, 0.2) is 0 Å². The highest BCUT2D eigenvalue weighted by Gasteiger charge is 1.95. The lowest BCUT2D eigenvalue weighted by atomic mass is 10.1. The SMILES string of the molecule is C=C(C)/C(=C\C=C(/C)CC)CNCC. The van der Waals surface area contributed by atoms with Crippen LogP contribution in [-0.2, 0) is 0 Å². The molecule has 0 atom stereocenters. The van der Waals surface area contributed by atoms with E-state index in [0.717, 1.165) is 25.1 Å². The molecule has 0 saturated heterocycles. The topological polar surface area (TPSA) is 12.0 Å². The van der Waals surface area contributed by atoms with Crippen molar-refractivity contribution in [3.05, 3.63) is 35.5 Å². The van der Waals surface area contributed by atoms with Crippen molar-refractivity contribution in [2.45, 2.75) is 34.1 Å². The van der Waals surface area contributed by atoms with Crippen LogP contribution < -0.4 is 5.32 Å². The monoisotopic (exact) mass is 193 g/mol. The first-order chi connectivity index (χ1) is 6.61. The van der Waals surface area contributed by atoms with Crippen molar-refractivity contribution in [2.75, 3.05) is 13.1 Å². The highest BCUT2D eigenvalue weighted by Crippen LogP contribution is 2.07. The van der Waals surface area contributed by atoms with Gasteiger partial charge < -0.3 is 5.32 Å². The maximum atomic E-state index is 3.97. The van der Waals surface area contributed by atoms with Crippen molar-refractivity contribution >= 4 is 0 Å². The van der Waals surface area contributed by atoms with E-state index in [9.17, 15) is 0 Å². The van der Waals surface area contributed by atoms with Gasteiger partial charge in [-0.3, -0.25) is 0 Å². The number of hydrogen-bond donors (Lipinski definition) is 1. The summed E-state index contributed by atoms with van der Waals surface area (Å²) in [5.41, 5.74) is 3.84. The average Bonchev–Trinajstić information content (AvgIpc) is 2.16. The number of nitrogens with one attached hydrogen (secondary N) is 1. The Morgan fingerprint density at radius 2 is 1.86 bits per heavy atom. The maximum absolute atomic E-state index is 3.97. The molecule has 0 aliphatic heterocycles. The largest absolute Gasteiger partial charge is 0.313 e. The van der Waals surface area contributed by atoms with Crippen molar-refractivity contribution in [3.63, 3.8) is 0 Å². The van der Waals surface area contributed by atoms with Crippen LogP contribution in [0, 0.1) is 0 Å². The highest BCUT2D eigenvalue weighted by molar-refractivity contribution is 5.32. The van der Waals surface area contributed by atoms with E-state index in [2.05, 4.69) is 51.7 Å². The van der Waals surface area contributed by atoms with Gasteiger partial charge in [0, 0.05) is 6.54 Å². The third-order valence-electron chi connectivity index (χ3n) is 2.24. The van der Waals surface area contributed by atoms with Gasteiger partial charge in [0.25, 0.3) is 0 Å². The predicted molar refractivity (Wildman–Crippen MR) is 65.5 cm³/mol. The normalized spacial score (nSPS) is 13.1. The minimum atomic E-state index is 0.916. The molecule has 0 heterocycles. The molecule has 0 aliphatic rings. The third kappa shape index (κ3) is 5.76. The average molecular weight is 193 g/mol. The molecular weight excluding hydrogens is 170 g/mol. The van der Waals surface area contributed by atoms with E-state index < -0.39 is 0 Å². The van der Waals surface area contributed by atoms with Gasteiger partial charge in [-0.25, -0.2) is 0 Å². The van der Waals surface area contributed by atoms with Gasteiger partial charge >= 0.3 is 0 Å². The summed E-state index contributed by atoms with van der Waals surface area (Å²) in [4.78, 5) is 0. The van der Waals surface area contributed by atoms with E-state index in [0.29, 0.717) is 0 Å². The molecule has 0 fully saturated rings. The minimum absolute atomic E-state index is 0.916. The summed E-state index contributed by atoms with van der Waals surface area (Å²) in [6.45, 7) is 14.4. The van der Waals surface area contributed by atoms with Gasteiger partial charge in [0.1, 0.15) is 0 Å². The number of rotatable bonds is 6. The van der Waals surface area contributed by atoms with Crippen LogP contribution in [0.15, 0.2) is 35.5 Å². The second kappa shape index (κ2) is 7.57. The van der Waals surface area contributed by atoms with Crippen molar-refractivity contribution in [1.82, 2.24) is 5.32 Å². The first-order valence-corrected chi connectivity index (χ1v) is 5.34. The molecule has 1 N–H and O–H groups in total. The first-order valence-electron chi connectivity index (χ1n) is 5.34. The number of allylic oxidation sites excluding steroid dienone is 3. The van der Waals surface area contributed by atoms with Gasteiger partial charge in [-0.2, -0.15) is 0 Å². The van der Waals surface area contributed by atoms with Gasteiger partial charge in [-0.1, -0.05) is 43.7 Å². The highest BCUT2D eigenvalue weighted by atomic mass is 14.8. The first kappa shape index (κ1) is 13.2. The zero-order chi connectivity index (χ0) is 11.0. The Morgan fingerprint density at radius 1 is 1.21 bits per heavy atom. The molecule has 0 aromatic rings. The fraction of sp³-hybridized carbons (Fsp3) is 0.538.